The second kappa shape index (κ2) is 5.33. The Bertz CT molecular complexity index is 116. The highest BCUT2D eigenvalue weighted by Crippen LogP contribution is 1.58. The number of nitrogens with one attached hydrogen (secondary N) is 1. The van der Waals surface area contributed by atoms with Crippen molar-refractivity contribution in [2.45, 2.75) is 0 Å². The second-order valence-corrected chi connectivity index (χ2v) is 1.07. The van der Waals surface area contributed by atoms with Crippen LogP contribution in [0.2, 0.25) is 0 Å². The third-order valence-electron chi connectivity index (χ3n) is 0.406. The minimum atomic E-state index is -0.955. The Hall–Kier alpha value is -0.810. The summed E-state index contributed by atoms with van der Waals surface area (Å²) in [5.74, 6) is -0.794. The normalized spacial score (nSPS) is 7.22. The standard InChI is InChI=1S/C3H6N2O3.ClH/c4-3(8)5-2(7)1-6;/h6H,1H2,(H3,4,5,7,8);1H. The number of carbonyl (C=O) groups excluding carboxylic acids is 2. The van der Waals surface area contributed by atoms with E-state index in [0.717, 1.165) is 0 Å². The van der Waals surface area contributed by atoms with Crippen LogP contribution in [0.4, 0.5) is 4.79 Å². The minimum Gasteiger partial charge on any atom is -0.387 e. The SMILES string of the molecule is Cl.NC(=O)NC(=O)CO. The molecule has 0 aromatic carbocycles. The Morgan fingerprint density at radius 1 is 1.56 bits per heavy atom. The van der Waals surface area contributed by atoms with E-state index in [4.69, 9.17) is 5.11 Å². The van der Waals surface area contributed by atoms with Crippen LogP contribution in [0.1, 0.15) is 0 Å². The van der Waals surface area contributed by atoms with Crippen molar-refractivity contribution in [1.82, 2.24) is 5.32 Å². The van der Waals surface area contributed by atoms with Crippen molar-refractivity contribution in [3.8, 4) is 0 Å². The van der Waals surface area contributed by atoms with E-state index < -0.39 is 18.5 Å². The Morgan fingerprint density at radius 3 is 2.11 bits per heavy atom. The number of rotatable bonds is 1. The number of nitrogens with two attached hydrogens (primary N) is 1. The van der Waals surface area contributed by atoms with Gasteiger partial charge in [0.1, 0.15) is 6.61 Å². The fourth-order valence-electron chi connectivity index (χ4n) is 0.177. The molecule has 0 aliphatic heterocycles. The maximum atomic E-state index is 9.96. The van der Waals surface area contributed by atoms with Crippen LogP contribution in [-0.2, 0) is 4.79 Å². The predicted octanol–water partition coefficient (Wildman–Crippen LogP) is -1.40. The molecule has 0 radical (unpaired) electrons. The highest BCUT2D eigenvalue weighted by molar-refractivity contribution is 5.93. The van der Waals surface area contributed by atoms with E-state index in [2.05, 4.69) is 5.73 Å². The van der Waals surface area contributed by atoms with E-state index in [0.29, 0.717) is 0 Å². The Kier molecular flexibility index (Phi) is 6.54. The number of aliphatic hydroxyl groups is 1. The summed E-state index contributed by atoms with van der Waals surface area (Å²) in [7, 11) is 0. The molecule has 5 nitrogen and oxygen atoms in total. The van der Waals surface area contributed by atoms with Gasteiger partial charge in [-0.15, -0.1) is 12.4 Å². The lowest BCUT2D eigenvalue weighted by molar-refractivity contribution is -0.122. The number of hydrogen-bond donors (Lipinski definition) is 3. The first-order valence-corrected chi connectivity index (χ1v) is 1.87. The number of carbonyl (C=O) groups is 2. The summed E-state index contributed by atoms with van der Waals surface area (Å²) in [6.45, 7) is -0.719. The lowest BCUT2D eigenvalue weighted by Gasteiger charge is -1.92. The highest BCUT2D eigenvalue weighted by Gasteiger charge is 1.98. The molecule has 0 fully saturated rings. The lowest BCUT2D eigenvalue weighted by atomic mass is 10.6. The first kappa shape index (κ1) is 11.0. The third kappa shape index (κ3) is 7.19. The number of imide groups is 1. The van der Waals surface area contributed by atoms with E-state index in [1.165, 1.54) is 0 Å². The zero-order valence-electron chi connectivity index (χ0n) is 4.46. The third-order valence-corrected chi connectivity index (χ3v) is 0.406. The van der Waals surface area contributed by atoms with Crippen LogP contribution in [0.3, 0.4) is 0 Å². The van der Waals surface area contributed by atoms with Crippen molar-refractivity contribution in [3.05, 3.63) is 0 Å². The van der Waals surface area contributed by atoms with Gasteiger partial charge >= 0.3 is 6.03 Å². The summed E-state index contributed by atoms with van der Waals surface area (Å²) in [6, 6.07) is -0.955. The molecule has 0 saturated carbocycles. The van der Waals surface area contributed by atoms with Crippen LogP contribution in [-0.4, -0.2) is 23.7 Å². The second-order valence-electron chi connectivity index (χ2n) is 1.07. The van der Waals surface area contributed by atoms with E-state index in [1.807, 2.05) is 0 Å². The van der Waals surface area contributed by atoms with Gasteiger partial charge in [-0.05, 0) is 0 Å². The van der Waals surface area contributed by atoms with Gasteiger partial charge in [0, 0.05) is 0 Å². The Balaban J connectivity index is 0. The zero-order valence-corrected chi connectivity index (χ0v) is 5.27. The largest absolute Gasteiger partial charge is 0.387 e. The maximum Gasteiger partial charge on any atom is 0.318 e. The predicted molar refractivity (Wildman–Crippen MR) is 32.1 cm³/mol. The average Bonchev–Trinajstić information content (AvgIpc) is 1.65. The molecule has 9 heavy (non-hydrogen) atoms. The average molecular weight is 155 g/mol. The van der Waals surface area contributed by atoms with E-state index >= 15 is 0 Å². The number of amides is 3. The van der Waals surface area contributed by atoms with Crippen molar-refractivity contribution in [1.29, 1.82) is 0 Å². The number of aliphatic hydroxyl groups excluding tert-OH is 1. The molecule has 0 saturated heterocycles. The van der Waals surface area contributed by atoms with Gasteiger partial charge < -0.3 is 10.8 Å². The molecule has 0 aliphatic rings. The summed E-state index contributed by atoms with van der Waals surface area (Å²) in [6.07, 6.45) is 0. The van der Waals surface area contributed by atoms with Gasteiger partial charge in [-0.2, -0.15) is 0 Å². The molecule has 0 aromatic heterocycles. The van der Waals surface area contributed by atoms with Gasteiger partial charge in [-0.25, -0.2) is 4.79 Å². The molecule has 0 unspecified atom stereocenters. The van der Waals surface area contributed by atoms with E-state index in [9.17, 15) is 9.59 Å². The van der Waals surface area contributed by atoms with Crippen LogP contribution in [0.5, 0.6) is 0 Å². The van der Waals surface area contributed by atoms with Crippen LogP contribution < -0.4 is 11.1 Å². The molecule has 4 N–H and O–H groups in total. The zero-order chi connectivity index (χ0) is 6.57. The summed E-state index contributed by atoms with van der Waals surface area (Å²) in [5, 5.41) is 9.61. The number of hydrogen-bond acceptors (Lipinski definition) is 3. The topological polar surface area (TPSA) is 92.4 Å². The Labute approximate surface area is 57.6 Å². The first-order valence-electron chi connectivity index (χ1n) is 1.87. The summed E-state index contributed by atoms with van der Waals surface area (Å²) < 4.78 is 0. The van der Waals surface area contributed by atoms with Gasteiger partial charge in [0.15, 0.2) is 0 Å². The first-order chi connectivity index (χ1) is 3.66. The summed E-state index contributed by atoms with van der Waals surface area (Å²) in [5.41, 5.74) is 4.49. The van der Waals surface area contributed by atoms with E-state index in [1.54, 1.807) is 5.32 Å². The molecular weight excluding hydrogens is 147 g/mol. The van der Waals surface area contributed by atoms with Gasteiger partial charge in [-0.1, -0.05) is 0 Å². The molecule has 0 spiro atoms. The Morgan fingerprint density at radius 2 is 2.00 bits per heavy atom. The number of primary amides is 1. The molecule has 6 heteroatoms. The van der Waals surface area contributed by atoms with Crippen molar-refractivity contribution >= 4 is 24.3 Å². The molecule has 0 rings (SSSR count). The van der Waals surface area contributed by atoms with Crippen molar-refractivity contribution in [2.75, 3.05) is 6.61 Å². The van der Waals surface area contributed by atoms with Crippen molar-refractivity contribution in [3.63, 3.8) is 0 Å². The van der Waals surface area contributed by atoms with Crippen molar-refractivity contribution in [2.24, 2.45) is 5.73 Å². The molecule has 0 aromatic rings. The van der Waals surface area contributed by atoms with Gasteiger partial charge in [0.05, 0.1) is 0 Å². The molecule has 54 valence electrons. The molecule has 0 heterocycles. The molecule has 0 bridgehead atoms. The quantitative estimate of drug-likeness (QED) is 0.434. The van der Waals surface area contributed by atoms with Gasteiger partial charge in [0.25, 0.3) is 5.91 Å². The van der Waals surface area contributed by atoms with Crippen molar-refractivity contribution < 1.29 is 14.7 Å². The fourth-order valence-corrected chi connectivity index (χ4v) is 0.177. The minimum absolute atomic E-state index is 0. The monoisotopic (exact) mass is 154 g/mol. The van der Waals surface area contributed by atoms with Gasteiger partial charge in [-0.3, -0.25) is 10.1 Å². The fraction of sp³-hybridized carbons (Fsp3) is 0.333. The van der Waals surface area contributed by atoms with Crippen LogP contribution in [0.25, 0.3) is 0 Å². The van der Waals surface area contributed by atoms with Crippen LogP contribution in [0.15, 0.2) is 0 Å². The maximum absolute atomic E-state index is 9.96. The molecular formula is C3H7ClN2O3. The number of urea groups is 1. The summed E-state index contributed by atoms with van der Waals surface area (Å²) in [4.78, 5) is 19.7. The van der Waals surface area contributed by atoms with E-state index in [-0.39, 0.29) is 12.4 Å². The molecule has 0 atom stereocenters. The summed E-state index contributed by atoms with van der Waals surface area (Å²) >= 11 is 0. The highest BCUT2D eigenvalue weighted by atomic mass is 35.5. The smallest absolute Gasteiger partial charge is 0.318 e. The van der Waals surface area contributed by atoms with Crippen LogP contribution >= 0.6 is 12.4 Å². The van der Waals surface area contributed by atoms with Crippen LogP contribution in [0, 0.1) is 0 Å². The molecule has 3 amide bonds. The number of halogens is 1. The van der Waals surface area contributed by atoms with Gasteiger partial charge in [0.2, 0.25) is 0 Å². The lowest BCUT2D eigenvalue weighted by Crippen LogP contribution is -2.36. The molecule has 0 aliphatic carbocycles.